The van der Waals surface area contributed by atoms with E-state index in [0.717, 1.165) is 10.5 Å². The van der Waals surface area contributed by atoms with E-state index in [2.05, 4.69) is 10.2 Å². The first kappa shape index (κ1) is 10.2. The molecule has 0 radical (unpaired) electrons. The molecular formula is C10H10N2O2S. The second-order valence-corrected chi connectivity index (χ2v) is 3.95. The fraction of sp³-hybridized carbons (Fsp3) is 0.200. The van der Waals surface area contributed by atoms with Crippen LogP contribution in [0, 0.1) is 6.92 Å². The predicted octanol–water partition coefficient (Wildman–Crippen LogP) is 2.02. The van der Waals surface area contributed by atoms with Crippen LogP contribution in [0.4, 0.5) is 0 Å². The minimum absolute atomic E-state index is 0.0102. The van der Waals surface area contributed by atoms with Gasteiger partial charge in [0.2, 0.25) is 5.89 Å². The summed E-state index contributed by atoms with van der Waals surface area (Å²) in [7, 11) is 0. The molecular weight excluding hydrogens is 212 g/mol. The zero-order chi connectivity index (χ0) is 10.7. The molecule has 0 spiro atoms. The molecule has 4 nitrogen and oxygen atoms in total. The third-order valence-corrected chi connectivity index (χ3v) is 2.81. The largest absolute Gasteiger partial charge is 0.416 e. The second-order valence-electron chi connectivity index (χ2n) is 2.95. The van der Waals surface area contributed by atoms with Crippen molar-refractivity contribution in [2.24, 2.45) is 0 Å². The van der Waals surface area contributed by atoms with E-state index in [1.54, 1.807) is 6.92 Å². The molecule has 0 atom stereocenters. The van der Waals surface area contributed by atoms with Gasteiger partial charge in [0.1, 0.15) is 0 Å². The highest BCUT2D eigenvalue weighted by atomic mass is 32.2. The lowest BCUT2D eigenvalue weighted by Crippen LogP contribution is -1.86. The zero-order valence-electron chi connectivity index (χ0n) is 8.17. The Kier molecular flexibility index (Phi) is 3.03. The van der Waals surface area contributed by atoms with Gasteiger partial charge in [-0.05, 0) is 23.4 Å². The summed E-state index contributed by atoms with van der Waals surface area (Å²) in [6.07, 6.45) is 0. The molecule has 2 aromatic rings. The Morgan fingerprint density at radius 2 is 2.13 bits per heavy atom. The molecule has 0 saturated heterocycles. The van der Waals surface area contributed by atoms with Crippen LogP contribution < -0.4 is 0 Å². The van der Waals surface area contributed by atoms with Crippen LogP contribution in [0.25, 0.3) is 0 Å². The lowest BCUT2D eigenvalue weighted by Gasteiger charge is -2.02. The van der Waals surface area contributed by atoms with Crippen molar-refractivity contribution in [2.45, 2.75) is 23.6 Å². The van der Waals surface area contributed by atoms with Gasteiger partial charge >= 0.3 is 0 Å². The van der Waals surface area contributed by atoms with Crippen LogP contribution in [0.15, 0.2) is 38.8 Å². The molecule has 78 valence electrons. The minimum atomic E-state index is 0.0102. The summed E-state index contributed by atoms with van der Waals surface area (Å²) in [4.78, 5) is 0.934. The molecule has 1 N–H and O–H groups in total. The summed E-state index contributed by atoms with van der Waals surface area (Å²) >= 11 is 1.36. The van der Waals surface area contributed by atoms with Crippen LogP contribution in [-0.4, -0.2) is 15.3 Å². The smallest absolute Gasteiger partial charge is 0.281 e. The average molecular weight is 222 g/mol. The predicted molar refractivity (Wildman–Crippen MR) is 55.5 cm³/mol. The first-order valence-corrected chi connectivity index (χ1v) is 5.28. The third kappa shape index (κ3) is 2.37. The molecule has 0 unspecified atom stereocenters. The number of hydrogen-bond donors (Lipinski definition) is 1. The molecule has 0 aliphatic carbocycles. The Bertz CT molecular complexity index is 456. The van der Waals surface area contributed by atoms with Crippen LogP contribution in [0.5, 0.6) is 0 Å². The normalized spacial score (nSPS) is 10.5. The molecule has 2 rings (SSSR count). The van der Waals surface area contributed by atoms with Gasteiger partial charge in [0.15, 0.2) is 0 Å². The molecule has 1 aromatic carbocycles. The van der Waals surface area contributed by atoms with Crippen molar-refractivity contribution in [3.63, 3.8) is 0 Å². The molecule has 15 heavy (non-hydrogen) atoms. The summed E-state index contributed by atoms with van der Waals surface area (Å²) in [5, 5.41) is 17.2. The van der Waals surface area contributed by atoms with Crippen molar-refractivity contribution in [1.82, 2.24) is 10.2 Å². The Labute approximate surface area is 91.3 Å². The number of rotatable bonds is 3. The average Bonchev–Trinajstić information content (AvgIpc) is 2.65. The highest BCUT2D eigenvalue weighted by molar-refractivity contribution is 7.99. The first-order chi connectivity index (χ1) is 7.29. The van der Waals surface area contributed by atoms with Crippen molar-refractivity contribution in [3.05, 3.63) is 35.7 Å². The summed E-state index contributed by atoms with van der Waals surface area (Å²) in [5.41, 5.74) is 0.860. The van der Waals surface area contributed by atoms with Crippen LogP contribution >= 0.6 is 11.8 Å². The highest BCUT2D eigenvalue weighted by Gasteiger charge is 2.07. The second kappa shape index (κ2) is 4.46. The van der Waals surface area contributed by atoms with E-state index < -0.39 is 0 Å². The lowest BCUT2D eigenvalue weighted by molar-refractivity contribution is 0.279. The monoisotopic (exact) mass is 222 g/mol. The van der Waals surface area contributed by atoms with Crippen molar-refractivity contribution in [1.29, 1.82) is 0 Å². The molecule has 0 amide bonds. The fourth-order valence-corrected chi connectivity index (χ4v) is 1.99. The maximum Gasteiger partial charge on any atom is 0.281 e. The van der Waals surface area contributed by atoms with Gasteiger partial charge in [0.25, 0.3) is 5.22 Å². The van der Waals surface area contributed by atoms with Crippen LogP contribution in [0.1, 0.15) is 11.5 Å². The topological polar surface area (TPSA) is 59.2 Å². The fourth-order valence-electron chi connectivity index (χ4n) is 1.15. The Balaban J connectivity index is 2.23. The van der Waals surface area contributed by atoms with E-state index in [-0.39, 0.29) is 6.61 Å². The van der Waals surface area contributed by atoms with Gasteiger partial charge in [-0.1, -0.05) is 18.2 Å². The molecule has 1 heterocycles. The van der Waals surface area contributed by atoms with E-state index >= 15 is 0 Å². The number of aromatic nitrogens is 2. The number of aliphatic hydroxyl groups is 1. The van der Waals surface area contributed by atoms with Crippen molar-refractivity contribution < 1.29 is 9.52 Å². The molecule has 0 aliphatic heterocycles. The van der Waals surface area contributed by atoms with Crippen LogP contribution in [-0.2, 0) is 6.61 Å². The molecule has 0 fully saturated rings. The van der Waals surface area contributed by atoms with Gasteiger partial charge in [-0.2, -0.15) is 0 Å². The van der Waals surface area contributed by atoms with Gasteiger partial charge in [0, 0.05) is 11.8 Å². The zero-order valence-corrected chi connectivity index (χ0v) is 8.99. The number of nitrogens with zero attached hydrogens (tertiary/aromatic N) is 2. The molecule has 5 heteroatoms. The summed E-state index contributed by atoms with van der Waals surface area (Å²) < 4.78 is 5.25. The van der Waals surface area contributed by atoms with Crippen molar-refractivity contribution in [3.8, 4) is 0 Å². The van der Waals surface area contributed by atoms with Crippen LogP contribution in [0.3, 0.4) is 0 Å². The summed E-state index contributed by atoms with van der Waals surface area (Å²) in [5.74, 6) is 0.541. The van der Waals surface area contributed by atoms with Gasteiger partial charge in [0.05, 0.1) is 6.61 Å². The third-order valence-electron chi connectivity index (χ3n) is 1.85. The van der Waals surface area contributed by atoms with E-state index in [1.165, 1.54) is 11.8 Å². The van der Waals surface area contributed by atoms with Crippen LogP contribution in [0.2, 0.25) is 0 Å². The minimum Gasteiger partial charge on any atom is -0.416 e. The highest BCUT2D eigenvalue weighted by Crippen LogP contribution is 2.29. The molecule has 0 bridgehead atoms. The number of aliphatic hydroxyl groups excluding tert-OH is 1. The number of hydrogen-bond acceptors (Lipinski definition) is 5. The Morgan fingerprint density at radius 1 is 1.33 bits per heavy atom. The van der Waals surface area contributed by atoms with Crippen molar-refractivity contribution in [2.75, 3.05) is 0 Å². The van der Waals surface area contributed by atoms with Crippen molar-refractivity contribution >= 4 is 11.8 Å². The molecule has 0 aliphatic rings. The number of aryl methyl sites for hydroxylation is 1. The maximum atomic E-state index is 9.12. The quantitative estimate of drug-likeness (QED) is 0.861. The number of benzene rings is 1. The van der Waals surface area contributed by atoms with Gasteiger partial charge in [-0.3, -0.25) is 0 Å². The van der Waals surface area contributed by atoms with Gasteiger partial charge < -0.3 is 9.52 Å². The standard InChI is InChI=1S/C10H10N2O2S/c1-7-11-12-10(14-7)15-9-5-3-2-4-8(9)6-13/h2-5,13H,6H2,1H3. The molecule has 1 aromatic heterocycles. The Morgan fingerprint density at radius 3 is 2.80 bits per heavy atom. The van der Waals surface area contributed by atoms with E-state index in [4.69, 9.17) is 9.52 Å². The lowest BCUT2D eigenvalue weighted by atomic mass is 10.2. The van der Waals surface area contributed by atoms with E-state index in [1.807, 2.05) is 24.3 Å². The van der Waals surface area contributed by atoms with E-state index in [0.29, 0.717) is 11.1 Å². The summed E-state index contributed by atoms with van der Waals surface area (Å²) in [6.45, 7) is 1.76. The Hall–Kier alpha value is -1.33. The summed E-state index contributed by atoms with van der Waals surface area (Å²) in [6, 6.07) is 7.57. The SMILES string of the molecule is Cc1nnc(Sc2ccccc2CO)o1. The van der Waals surface area contributed by atoms with Gasteiger partial charge in [-0.25, -0.2) is 0 Å². The van der Waals surface area contributed by atoms with E-state index in [9.17, 15) is 0 Å². The first-order valence-electron chi connectivity index (χ1n) is 4.46. The maximum absolute atomic E-state index is 9.12. The molecule has 0 saturated carbocycles. The van der Waals surface area contributed by atoms with Gasteiger partial charge in [-0.15, -0.1) is 10.2 Å².